The van der Waals surface area contributed by atoms with Gasteiger partial charge in [0, 0.05) is 32.0 Å². The molecule has 0 N–H and O–H groups in total. The lowest BCUT2D eigenvalue weighted by atomic mass is 9.78. The molecule has 5 heteroatoms. The standard InChI is InChI=1S/C19H23N3O2/c23-18-19(7-11-22(18)13-16-4-8-20-9-5-16)6-2-10-21(15-19)14-17-3-1-12-24-17/h1,3-5,8-9,12H,2,6-7,10-11,13-15H2/t19-/m1/s1. The zero-order valence-corrected chi connectivity index (χ0v) is 13.9. The number of carbonyl (C=O) groups excluding carboxylic acids is 1. The van der Waals surface area contributed by atoms with Gasteiger partial charge in [-0.1, -0.05) is 0 Å². The molecule has 1 amide bonds. The van der Waals surface area contributed by atoms with Crippen molar-refractivity contribution in [3.8, 4) is 0 Å². The molecular formula is C19H23N3O2. The number of nitrogens with zero attached hydrogens (tertiary/aromatic N) is 3. The number of hydrogen-bond acceptors (Lipinski definition) is 4. The predicted octanol–water partition coefficient (Wildman–Crippen LogP) is 2.69. The lowest BCUT2D eigenvalue weighted by Gasteiger charge is -2.38. The molecule has 2 aromatic heterocycles. The van der Waals surface area contributed by atoms with E-state index >= 15 is 0 Å². The van der Waals surface area contributed by atoms with E-state index in [4.69, 9.17) is 4.42 Å². The van der Waals surface area contributed by atoms with Crippen molar-refractivity contribution in [3.63, 3.8) is 0 Å². The summed E-state index contributed by atoms with van der Waals surface area (Å²) in [7, 11) is 0. The zero-order chi connectivity index (χ0) is 16.4. The fraction of sp³-hybridized carbons (Fsp3) is 0.474. The smallest absolute Gasteiger partial charge is 0.230 e. The molecule has 5 nitrogen and oxygen atoms in total. The first-order chi connectivity index (χ1) is 11.8. The highest BCUT2D eigenvalue weighted by Crippen LogP contribution is 2.41. The maximum atomic E-state index is 13.1. The first-order valence-electron chi connectivity index (χ1n) is 8.68. The van der Waals surface area contributed by atoms with E-state index in [2.05, 4.69) is 9.88 Å². The van der Waals surface area contributed by atoms with Gasteiger partial charge in [-0.15, -0.1) is 0 Å². The number of aromatic nitrogens is 1. The topological polar surface area (TPSA) is 49.6 Å². The third kappa shape index (κ3) is 2.96. The molecule has 4 rings (SSSR count). The van der Waals surface area contributed by atoms with E-state index in [1.165, 1.54) is 0 Å². The van der Waals surface area contributed by atoms with E-state index in [9.17, 15) is 4.79 Å². The van der Waals surface area contributed by atoms with Gasteiger partial charge in [-0.05, 0) is 55.6 Å². The Hall–Kier alpha value is -2.14. The molecule has 2 saturated heterocycles. The van der Waals surface area contributed by atoms with Crippen molar-refractivity contribution in [1.82, 2.24) is 14.8 Å². The van der Waals surface area contributed by atoms with E-state index in [0.29, 0.717) is 12.5 Å². The maximum Gasteiger partial charge on any atom is 0.230 e. The van der Waals surface area contributed by atoms with Gasteiger partial charge in [0.15, 0.2) is 0 Å². The second kappa shape index (κ2) is 6.40. The van der Waals surface area contributed by atoms with Gasteiger partial charge in [0.25, 0.3) is 0 Å². The van der Waals surface area contributed by atoms with Crippen LogP contribution in [0.5, 0.6) is 0 Å². The fourth-order valence-electron chi connectivity index (χ4n) is 4.12. The molecule has 2 aliphatic rings. The first kappa shape index (κ1) is 15.4. The predicted molar refractivity (Wildman–Crippen MR) is 89.9 cm³/mol. The van der Waals surface area contributed by atoms with Gasteiger partial charge < -0.3 is 9.32 Å². The molecule has 2 aliphatic heterocycles. The molecular weight excluding hydrogens is 302 g/mol. The Morgan fingerprint density at radius 2 is 2.00 bits per heavy atom. The molecule has 0 aliphatic carbocycles. The van der Waals surface area contributed by atoms with Crippen LogP contribution in [0.15, 0.2) is 47.3 Å². The fourth-order valence-corrected chi connectivity index (χ4v) is 4.12. The van der Waals surface area contributed by atoms with Crippen LogP contribution in [0.1, 0.15) is 30.6 Å². The minimum Gasteiger partial charge on any atom is -0.468 e. The number of furan rings is 1. The van der Waals surface area contributed by atoms with E-state index < -0.39 is 0 Å². The molecule has 0 bridgehead atoms. The van der Waals surface area contributed by atoms with Crippen molar-refractivity contribution in [2.75, 3.05) is 19.6 Å². The van der Waals surface area contributed by atoms with E-state index in [-0.39, 0.29) is 5.41 Å². The Labute approximate surface area is 142 Å². The highest BCUT2D eigenvalue weighted by Gasteiger charge is 2.48. The summed E-state index contributed by atoms with van der Waals surface area (Å²) in [5.41, 5.74) is 0.955. The Kier molecular flexibility index (Phi) is 4.10. The minimum atomic E-state index is -0.197. The Morgan fingerprint density at radius 3 is 2.79 bits per heavy atom. The average molecular weight is 325 g/mol. The maximum absolute atomic E-state index is 13.1. The van der Waals surface area contributed by atoms with Crippen LogP contribution in [0.25, 0.3) is 0 Å². The van der Waals surface area contributed by atoms with E-state index in [0.717, 1.165) is 56.8 Å². The van der Waals surface area contributed by atoms with E-state index in [1.807, 2.05) is 29.2 Å². The monoisotopic (exact) mass is 325 g/mol. The number of likely N-dealkylation sites (tertiary alicyclic amines) is 2. The van der Waals surface area contributed by atoms with Crippen LogP contribution >= 0.6 is 0 Å². The normalized spacial score (nSPS) is 24.8. The third-order valence-electron chi connectivity index (χ3n) is 5.34. The van der Waals surface area contributed by atoms with Crippen molar-refractivity contribution in [3.05, 3.63) is 54.2 Å². The minimum absolute atomic E-state index is 0.197. The summed E-state index contributed by atoms with van der Waals surface area (Å²) in [6, 6.07) is 7.91. The Bertz CT molecular complexity index is 686. The van der Waals surface area contributed by atoms with Gasteiger partial charge >= 0.3 is 0 Å². The van der Waals surface area contributed by atoms with Crippen molar-refractivity contribution >= 4 is 5.91 Å². The number of amides is 1. The molecule has 1 spiro atoms. The number of pyridine rings is 1. The van der Waals surface area contributed by atoms with Crippen molar-refractivity contribution in [2.24, 2.45) is 5.41 Å². The second-order valence-corrected chi connectivity index (χ2v) is 7.01. The molecule has 126 valence electrons. The van der Waals surface area contributed by atoms with Crippen LogP contribution in [0.2, 0.25) is 0 Å². The largest absolute Gasteiger partial charge is 0.468 e. The lowest BCUT2D eigenvalue weighted by Crippen LogP contribution is -2.47. The van der Waals surface area contributed by atoms with Gasteiger partial charge in [0.05, 0.1) is 18.2 Å². The van der Waals surface area contributed by atoms with Gasteiger partial charge in [-0.25, -0.2) is 0 Å². The molecule has 4 heterocycles. The molecule has 0 aromatic carbocycles. The average Bonchev–Trinajstić information content (AvgIpc) is 3.21. The van der Waals surface area contributed by atoms with Crippen LogP contribution in [0, 0.1) is 5.41 Å². The van der Waals surface area contributed by atoms with Crippen molar-refractivity contribution < 1.29 is 9.21 Å². The summed E-state index contributed by atoms with van der Waals surface area (Å²) in [5, 5.41) is 0. The lowest BCUT2D eigenvalue weighted by molar-refractivity contribution is -0.139. The summed E-state index contributed by atoms with van der Waals surface area (Å²) < 4.78 is 5.47. The van der Waals surface area contributed by atoms with Crippen LogP contribution in [-0.4, -0.2) is 40.3 Å². The summed E-state index contributed by atoms with van der Waals surface area (Å²) in [6.45, 7) is 4.24. The number of hydrogen-bond donors (Lipinski definition) is 0. The summed E-state index contributed by atoms with van der Waals surface area (Å²) in [6.07, 6.45) is 8.34. The quantitative estimate of drug-likeness (QED) is 0.867. The van der Waals surface area contributed by atoms with Crippen LogP contribution in [-0.2, 0) is 17.9 Å². The SMILES string of the molecule is O=C1N(Cc2ccncc2)CC[C@@]12CCCN(Cc1ccco1)C2. The molecule has 0 saturated carbocycles. The van der Waals surface area contributed by atoms with Crippen LogP contribution in [0.3, 0.4) is 0 Å². The molecule has 0 unspecified atom stereocenters. The molecule has 24 heavy (non-hydrogen) atoms. The van der Waals surface area contributed by atoms with Crippen LogP contribution < -0.4 is 0 Å². The highest BCUT2D eigenvalue weighted by molar-refractivity contribution is 5.85. The highest BCUT2D eigenvalue weighted by atomic mass is 16.3. The Balaban J connectivity index is 1.44. The Morgan fingerprint density at radius 1 is 1.12 bits per heavy atom. The van der Waals surface area contributed by atoms with Gasteiger partial charge in [0.2, 0.25) is 5.91 Å². The summed E-state index contributed by atoms with van der Waals surface area (Å²) >= 11 is 0. The number of rotatable bonds is 4. The number of piperidine rings is 1. The first-order valence-corrected chi connectivity index (χ1v) is 8.68. The van der Waals surface area contributed by atoms with Gasteiger partial charge in [0.1, 0.15) is 5.76 Å². The number of carbonyl (C=O) groups is 1. The van der Waals surface area contributed by atoms with Gasteiger partial charge in [-0.3, -0.25) is 14.7 Å². The summed E-state index contributed by atoms with van der Waals surface area (Å²) in [4.78, 5) is 21.5. The molecule has 2 aromatic rings. The van der Waals surface area contributed by atoms with Crippen molar-refractivity contribution in [2.45, 2.75) is 32.4 Å². The van der Waals surface area contributed by atoms with Crippen LogP contribution in [0.4, 0.5) is 0 Å². The van der Waals surface area contributed by atoms with Gasteiger partial charge in [-0.2, -0.15) is 0 Å². The third-order valence-corrected chi connectivity index (χ3v) is 5.34. The molecule has 2 fully saturated rings. The molecule has 1 atom stereocenters. The van der Waals surface area contributed by atoms with E-state index in [1.54, 1.807) is 18.7 Å². The van der Waals surface area contributed by atoms with Crippen molar-refractivity contribution in [1.29, 1.82) is 0 Å². The second-order valence-electron chi connectivity index (χ2n) is 7.01. The summed E-state index contributed by atoms with van der Waals surface area (Å²) in [5.74, 6) is 1.30. The zero-order valence-electron chi connectivity index (χ0n) is 13.9. The molecule has 0 radical (unpaired) electrons.